The van der Waals surface area contributed by atoms with Crippen LogP contribution in [0.15, 0.2) is 72.8 Å². The van der Waals surface area contributed by atoms with Gasteiger partial charge in [-0.3, -0.25) is 0 Å². The van der Waals surface area contributed by atoms with Gasteiger partial charge in [0, 0.05) is 0 Å². The quantitative estimate of drug-likeness (QED) is 0.508. The van der Waals surface area contributed by atoms with Crippen LogP contribution in [0.25, 0.3) is 11.1 Å². The van der Waals surface area contributed by atoms with Crippen molar-refractivity contribution in [3.05, 3.63) is 83.9 Å². The summed E-state index contributed by atoms with van der Waals surface area (Å²) in [4.78, 5) is 34.0. The number of rotatable bonds is 3. The Morgan fingerprint density at radius 3 is 1.67 bits per heavy atom. The van der Waals surface area contributed by atoms with Crippen molar-refractivity contribution in [3.63, 3.8) is 0 Å². The van der Waals surface area contributed by atoms with Gasteiger partial charge in [-0.25, -0.2) is 0 Å². The molecule has 0 unspecified atom stereocenters. The van der Waals surface area contributed by atoms with Crippen molar-refractivity contribution in [2.75, 3.05) is 0 Å². The van der Waals surface area contributed by atoms with Crippen LogP contribution in [0.2, 0.25) is 0 Å². The van der Waals surface area contributed by atoms with E-state index < -0.39 is 7.28 Å². The SMILES string of the molecule is CC(C)(C)c1cccc(-c2ccccc2P(O)(O)(O)c2ccccc2)c1C(C)(C)C. The molecule has 160 valence electrons. The van der Waals surface area contributed by atoms with Gasteiger partial charge in [0.15, 0.2) is 0 Å². The van der Waals surface area contributed by atoms with Crippen molar-refractivity contribution in [2.24, 2.45) is 0 Å². The van der Waals surface area contributed by atoms with E-state index in [2.05, 4.69) is 47.6 Å². The van der Waals surface area contributed by atoms with Crippen LogP contribution in [-0.4, -0.2) is 14.7 Å². The van der Waals surface area contributed by atoms with Crippen LogP contribution in [0.1, 0.15) is 52.7 Å². The van der Waals surface area contributed by atoms with Crippen LogP contribution in [0.3, 0.4) is 0 Å². The molecule has 0 aliphatic heterocycles. The van der Waals surface area contributed by atoms with Crippen molar-refractivity contribution >= 4 is 17.9 Å². The Morgan fingerprint density at radius 1 is 0.567 bits per heavy atom. The summed E-state index contributed by atoms with van der Waals surface area (Å²) in [6.45, 7) is 13.0. The van der Waals surface area contributed by atoms with Crippen molar-refractivity contribution in [1.82, 2.24) is 0 Å². The monoisotopic (exact) mass is 424 g/mol. The van der Waals surface area contributed by atoms with Gasteiger partial charge >= 0.3 is 180 Å². The van der Waals surface area contributed by atoms with Crippen LogP contribution < -0.4 is 10.6 Å². The molecule has 0 spiro atoms. The maximum absolute atomic E-state index is 11.3. The summed E-state index contributed by atoms with van der Waals surface area (Å²) in [6.07, 6.45) is 0. The first-order valence-electron chi connectivity index (χ1n) is 10.3. The van der Waals surface area contributed by atoms with E-state index in [4.69, 9.17) is 0 Å². The number of hydrogen-bond donors (Lipinski definition) is 3. The van der Waals surface area contributed by atoms with Gasteiger partial charge < -0.3 is 0 Å². The summed E-state index contributed by atoms with van der Waals surface area (Å²) in [5.74, 6) is 0. The van der Waals surface area contributed by atoms with E-state index in [1.165, 1.54) is 5.56 Å². The molecule has 0 radical (unpaired) electrons. The van der Waals surface area contributed by atoms with Crippen molar-refractivity contribution < 1.29 is 14.7 Å². The van der Waals surface area contributed by atoms with Crippen LogP contribution in [-0.2, 0) is 10.8 Å². The Bertz CT molecular complexity index is 1050. The zero-order chi connectivity index (χ0) is 22.4. The molecule has 0 aliphatic carbocycles. The Hall–Kier alpha value is -2.03. The van der Waals surface area contributed by atoms with E-state index in [0.717, 1.165) is 11.1 Å². The third-order valence-electron chi connectivity index (χ3n) is 5.49. The van der Waals surface area contributed by atoms with Crippen LogP contribution in [0, 0.1) is 0 Å². The molecule has 0 aromatic heterocycles. The Labute approximate surface area is 180 Å². The van der Waals surface area contributed by atoms with Gasteiger partial charge in [0.1, 0.15) is 0 Å². The molecule has 0 saturated carbocycles. The fourth-order valence-electron chi connectivity index (χ4n) is 4.11. The topological polar surface area (TPSA) is 60.7 Å². The van der Waals surface area contributed by atoms with Gasteiger partial charge in [-0.05, 0) is 0 Å². The Morgan fingerprint density at radius 2 is 1.10 bits per heavy atom. The average molecular weight is 425 g/mol. The predicted molar refractivity (Wildman–Crippen MR) is 129 cm³/mol. The summed E-state index contributed by atoms with van der Waals surface area (Å²) in [7, 11) is -5.32. The number of hydrogen-bond acceptors (Lipinski definition) is 3. The first kappa shape index (κ1) is 22.7. The fourth-order valence-corrected chi connectivity index (χ4v) is 6.11. The fraction of sp³-hybridized carbons (Fsp3) is 0.308. The third kappa shape index (κ3) is 4.08. The van der Waals surface area contributed by atoms with Crippen molar-refractivity contribution in [1.29, 1.82) is 0 Å². The number of benzene rings is 3. The molecule has 3 rings (SSSR count). The molecule has 0 amide bonds. The van der Waals surface area contributed by atoms with Crippen molar-refractivity contribution in [3.8, 4) is 11.1 Å². The van der Waals surface area contributed by atoms with E-state index >= 15 is 0 Å². The van der Waals surface area contributed by atoms with Gasteiger partial charge in [0.05, 0.1) is 0 Å². The van der Waals surface area contributed by atoms with Gasteiger partial charge in [-0.2, -0.15) is 0 Å². The minimum absolute atomic E-state index is 0.0871. The molecule has 3 aromatic carbocycles. The summed E-state index contributed by atoms with van der Waals surface area (Å²) < 4.78 is 0. The van der Waals surface area contributed by atoms with Gasteiger partial charge in [-0.15, -0.1) is 0 Å². The van der Waals surface area contributed by atoms with Crippen LogP contribution in [0.5, 0.6) is 0 Å². The molecular weight excluding hydrogens is 391 g/mol. The summed E-state index contributed by atoms with van der Waals surface area (Å²) in [5, 5.41) is 0.284. The summed E-state index contributed by atoms with van der Waals surface area (Å²) >= 11 is 0. The second kappa shape index (κ2) is 7.28. The molecule has 4 heteroatoms. The second-order valence-corrected chi connectivity index (χ2v) is 13.0. The molecule has 0 bridgehead atoms. The molecule has 3 N–H and O–H groups in total. The van der Waals surface area contributed by atoms with Gasteiger partial charge in [0.2, 0.25) is 0 Å². The minimum atomic E-state index is -5.32. The predicted octanol–water partition coefficient (Wildman–Crippen LogP) is 5.17. The Balaban J connectivity index is 2.39. The normalized spacial score (nSPS) is 14.2. The van der Waals surface area contributed by atoms with E-state index in [9.17, 15) is 14.7 Å². The van der Waals surface area contributed by atoms with Crippen LogP contribution in [0.4, 0.5) is 0 Å². The zero-order valence-corrected chi connectivity index (χ0v) is 19.6. The molecule has 30 heavy (non-hydrogen) atoms. The average Bonchev–Trinajstić information content (AvgIpc) is 2.66. The standard InChI is InChI=1S/C26H33O3P/c1-25(2,3)22-17-12-16-21(24(22)26(4,5)6)20-15-10-11-18-23(20)30(27,28,29)19-13-8-7-9-14-19/h7-18,27-29H,1-6H3. The van der Waals surface area contributed by atoms with E-state index in [-0.39, 0.29) is 21.4 Å². The van der Waals surface area contributed by atoms with Gasteiger partial charge in [-0.1, -0.05) is 0 Å². The summed E-state index contributed by atoms with van der Waals surface area (Å²) in [6, 6.07) is 21.5. The third-order valence-corrected chi connectivity index (χ3v) is 8.02. The first-order chi connectivity index (χ1) is 13.7. The molecular formula is C26H33O3P. The Kier molecular flexibility index (Phi) is 5.50. The maximum atomic E-state index is 11.3. The van der Waals surface area contributed by atoms with E-state index in [0.29, 0.717) is 5.56 Å². The molecule has 0 aliphatic rings. The van der Waals surface area contributed by atoms with Crippen molar-refractivity contribution in [2.45, 2.75) is 52.4 Å². The molecule has 0 atom stereocenters. The molecule has 0 saturated heterocycles. The second-order valence-electron chi connectivity index (χ2n) is 10.1. The molecule has 3 nitrogen and oxygen atoms in total. The summed E-state index contributed by atoms with van der Waals surface area (Å²) in [5.41, 5.74) is 3.63. The van der Waals surface area contributed by atoms with Gasteiger partial charge in [0.25, 0.3) is 0 Å². The van der Waals surface area contributed by atoms with Crippen LogP contribution >= 0.6 is 7.28 Å². The van der Waals surface area contributed by atoms with E-state index in [1.807, 2.05) is 24.3 Å². The molecule has 3 aromatic rings. The molecule has 0 heterocycles. The zero-order valence-electron chi connectivity index (χ0n) is 18.7. The van der Waals surface area contributed by atoms with E-state index in [1.54, 1.807) is 42.5 Å². The first-order valence-corrected chi connectivity index (χ1v) is 12.4. The molecule has 0 fully saturated rings.